The maximum atomic E-state index is 11.9. The van der Waals surface area contributed by atoms with Crippen LogP contribution in [-0.2, 0) is 4.79 Å². The van der Waals surface area contributed by atoms with E-state index >= 15 is 0 Å². The van der Waals surface area contributed by atoms with Gasteiger partial charge in [-0.3, -0.25) is 9.59 Å². The fourth-order valence-electron chi connectivity index (χ4n) is 1.91. The van der Waals surface area contributed by atoms with Crippen LogP contribution in [0.3, 0.4) is 0 Å². The van der Waals surface area contributed by atoms with Crippen molar-refractivity contribution in [1.29, 1.82) is 0 Å². The monoisotopic (exact) mass is 240 g/mol. The molecule has 1 N–H and O–H groups in total. The number of carbonyl (C=O) groups excluding carboxylic acids is 1. The first-order valence-electron chi connectivity index (χ1n) is 5.06. The fraction of sp³-hybridized carbons (Fsp3) is 0.500. The Labute approximate surface area is 96.7 Å². The second-order valence-corrected chi connectivity index (χ2v) is 4.60. The molecule has 16 heavy (non-hydrogen) atoms. The minimum atomic E-state index is -0.798. The number of nitrogens with zero attached hydrogens (tertiary/aromatic N) is 2. The number of carboxylic acids is 1. The number of amides is 1. The Bertz CT molecular complexity index is 391. The molecule has 0 radical (unpaired) electrons. The number of hydrogen-bond acceptors (Lipinski definition) is 4. The number of rotatable bonds is 3. The van der Waals surface area contributed by atoms with Crippen molar-refractivity contribution in [3.05, 3.63) is 16.6 Å². The van der Waals surface area contributed by atoms with E-state index in [4.69, 9.17) is 5.11 Å². The molecule has 0 bridgehead atoms. The van der Waals surface area contributed by atoms with Crippen LogP contribution in [0.1, 0.15) is 23.3 Å². The molecule has 1 atom stereocenters. The largest absolute Gasteiger partial charge is 0.481 e. The lowest BCUT2D eigenvalue weighted by Crippen LogP contribution is -2.29. The van der Waals surface area contributed by atoms with Crippen molar-refractivity contribution in [2.75, 3.05) is 13.1 Å². The van der Waals surface area contributed by atoms with Crippen molar-refractivity contribution in [3.8, 4) is 0 Å². The van der Waals surface area contributed by atoms with Crippen LogP contribution < -0.4 is 0 Å². The van der Waals surface area contributed by atoms with Crippen molar-refractivity contribution in [2.45, 2.75) is 12.8 Å². The Hall–Kier alpha value is -1.43. The number of carbonyl (C=O) groups is 2. The number of thiazole rings is 1. The van der Waals surface area contributed by atoms with Gasteiger partial charge in [0, 0.05) is 24.9 Å². The van der Waals surface area contributed by atoms with E-state index in [2.05, 4.69) is 4.98 Å². The Balaban J connectivity index is 1.94. The lowest BCUT2D eigenvalue weighted by atomic mass is 10.1. The predicted molar refractivity (Wildman–Crippen MR) is 58.4 cm³/mol. The van der Waals surface area contributed by atoms with E-state index in [1.54, 1.807) is 15.8 Å². The van der Waals surface area contributed by atoms with Gasteiger partial charge >= 0.3 is 5.97 Å². The normalized spacial score (nSPS) is 20.0. The summed E-state index contributed by atoms with van der Waals surface area (Å²) in [5, 5.41) is 10.4. The van der Waals surface area contributed by atoms with Crippen LogP contribution in [0.4, 0.5) is 0 Å². The van der Waals surface area contributed by atoms with Crippen molar-refractivity contribution in [2.24, 2.45) is 5.92 Å². The van der Waals surface area contributed by atoms with Crippen molar-refractivity contribution >= 4 is 23.2 Å². The van der Waals surface area contributed by atoms with Gasteiger partial charge in [-0.2, -0.15) is 0 Å². The van der Waals surface area contributed by atoms with Gasteiger partial charge in [0.25, 0.3) is 5.91 Å². The summed E-state index contributed by atoms with van der Waals surface area (Å²) >= 11 is 1.39. The Morgan fingerprint density at radius 3 is 3.06 bits per heavy atom. The van der Waals surface area contributed by atoms with Gasteiger partial charge in [-0.15, -0.1) is 11.3 Å². The molecule has 1 aromatic heterocycles. The second kappa shape index (κ2) is 4.61. The molecular weight excluding hydrogens is 228 g/mol. The number of aromatic nitrogens is 1. The summed E-state index contributed by atoms with van der Waals surface area (Å²) in [7, 11) is 0. The highest BCUT2D eigenvalue weighted by Crippen LogP contribution is 2.21. The highest BCUT2D eigenvalue weighted by atomic mass is 32.1. The van der Waals surface area contributed by atoms with Crippen LogP contribution >= 0.6 is 11.3 Å². The second-order valence-electron chi connectivity index (χ2n) is 3.88. The molecule has 0 spiro atoms. The van der Waals surface area contributed by atoms with E-state index in [1.165, 1.54) is 11.3 Å². The van der Waals surface area contributed by atoms with E-state index in [-0.39, 0.29) is 18.2 Å². The molecule has 6 heteroatoms. The summed E-state index contributed by atoms with van der Waals surface area (Å²) in [6.45, 7) is 1.16. The number of hydrogen-bond donors (Lipinski definition) is 1. The molecule has 1 aromatic rings. The topological polar surface area (TPSA) is 70.5 Å². The molecule has 1 unspecified atom stereocenters. The Morgan fingerprint density at radius 2 is 2.44 bits per heavy atom. The molecular formula is C10H12N2O3S. The summed E-state index contributed by atoms with van der Waals surface area (Å²) in [6.07, 6.45) is 0.906. The molecule has 1 aliphatic rings. The zero-order valence-electron chi connectivity index (χ0n) is 8.63. The number of likely N-dealkylation sites (tertiary alicyclic amines) is 1. The van der Waals surface area contributed by atoms with Gasteiger partial charge in [-0.05, 0) is 12.3 Å². The van der Waals surface area contributed by atoms with Crippen LogP contribution in [0.25, 0.3) is 0 Å². The van der Waals surface area contributed by atoms with Gasteiger partial charge in [-0.1, -0.05) is 0 Å². The third-order valence-electron chi connectivity index (χ3n) is 2.69. The fourth-order valence-corrected chi connectivity index (χ4v) is 2.44. The summed E-state index contributed by atoms with van der Waals surface area (Å²) in [4.78, 5) is 28.0. The Morgan fingerprint density at radius 1 is 1.62 bits per heavy atom. The zero-order chi connectivity index (χ0) is 11.5. The van der Waals surface area contributed by atoms with Crippen LogP contribution in [-0.4, -0.2) is 40.0 Å². The van der Waals surface area contributed by atoms with Crippen LogP contribution in [0.2, 0.25) is 0 Å². The molecule has 1 fully saturated rings. The first-order chi connectivity index (χ1) is 7.66. The first kappa shape index (κ1) is 11.1. The Kier molecular flexibility index (Phi) is 3.19. The molecule has 86 valence electrons. The number of carboxylic acid groups (broad SMARTS) is 1. The quantitative estimate of drug-likeness (QED) is 0.858. The SMILES string of the molecule is O=C(O)CC1CCN(C(=O)c2cscn2)C1. The molecule has 5 nitrogen and oxygen atoms in total. The molecule has 0 aromatic carbocycles. The molecule has 1 amide bonds. The summed E-state index contributed by atoms with van der Waals surface area (Å²) in [5.74, 6) is -0.804. The average Bonchev–Trinajstić information content (AvgIpc) is 2.84. The van der Waals surface area contributed by atoms with Gasteiger partial charge in [0.1, 0.15) is 5.69 Å². The van der Waals surface area contributed by atoms with Gasteiger partial charge in [0.15, 0.2) is 0 Å². The van der Waals surface area contributed by atoms with Crippen molar-refractivity contribution in [3.63, 3.8) is 0 Å². The summed E-state index contributed by atoms with van der Waals surface area (Å²) < 4.78 is 0. The van der Waals surface area contributed by atoms with E-state index in [0.29, 0.717) is 18.8 Å². The number of aliphatic carboxylic acids is 1. The third kappa shape index (κ3) is 2.38. The van der Waals surface area contributed by atoms with E-state index in [1.807, 2.05) is 0 Å². The summed E-state index contributed by atoms with van der Waals surface area (Å²) in [6, 6.07) is 0. The van der Waals surface area contributed by atoms with E-state index in [9.17, 15) is 9.59 Å². The zero-order valence-corrected chi connectivity index (χ0v) is 9.44. The lowest BCUT2D eigenvalue weighted by Gasteiger charge is -2.14. The van der Waals surface area contributed by atoms with Crippen molar-refractivity contribution in [1.82, 2.24) is 9.88 Å². The smallest absolute Gasteiger partial charge is 0.303 e. The van der Waals surface area contributed by atoms with Crippen LogP contribution in [0.15, 0.2) is 10.9 Å². The molecule has 1 saturated heterocycles. The van der Waals surface area contributed by atoms with E-state index in [0.717, 1.165) is 6.42 Å². The van der Waals surface area contributed by atoms with Gasteiger partial charge < -0.3 is 10.0 Å². The molecule has 0 aliphatic carbocycles. The van der Waals surface area contributed by atoms with Gasteiger partial charge in [0.2, 0.25) is 0 Å². The maximum Gasteiger partial charge on any atom is 0.303 e. The van der Waals surface area contributed by atoms with Gasteiger partial charge in [-0.25, -0.2) is 4.98 Å². The van der Waals surface area contributed by atoms with Crippen LogP contribution in [0.5, 0.6) is 0 Å². The van der Waals surface area contributed by atoms with Gasteiger partial charge in [0.05, 0.1) is 5.51 Å². The van der Waals surface area contributed by atoms with Crippen molar-refractivity contribution < 1.29 is 14.7 Å². The highest BCUT2D eigenvalue weighted by molar-refractivity contribution is 7.07. The molecule has 1 aliphatic heterocycles. The maximum absolute atomic E-state index is 11.9. The lowest BCUT2D eigenvalue weighted by molar-refractivity contribution is -0.138. The molecule has 2 heterocycles. The predicted octanol–water partition coefficient (Wildman–Crippen LogP) is 1.08. The first-order valence-corrected chi connectivity index (χ1v) is 6.00. The molecule has 0 saturated carbocycles. The standard InChI is InChI=1S/C10H12N2O3S/c13-9(14)3-7-1-2-12(4-7)10(15)8-5-16-6-11-8/h5-7H,1-4H2,(H,13,14). The third-order valence-corrected chi connectivity index (χ3v) is 3.27. The minimum absolute atomic E-state index is 0.0834. The van der Waals surface area contributed by atoms with E-state index < -0.39 is 5.97 Å². The van der Waals surface area contributed by atoms with Crippen LogP contribution in [0, 0.1) is 5.92 Å². The average molecular weight is 240 g/mol. The molecule has 2 rings (SSSR count). The summed E-state index contributed by atoms with van der Waals surface area (Å²) in [5.41, 5.74) is 2.08. The minimum Gasteiger partial charge on any atom is -0.481 e. The highest BCUT2D eigenvalue weighted by Gasteiger charge is 2.28.